The van der Waals surface area contributed by atoms with Gasteiger partial charge in [-0.1, -0.05) is 30.3 Å². The molecule has 35 heavy (non-hydrogen) atoms. The molecule has 1 N–H and O–H groups in total. The van der Waals surface area contributed by atoms with E-state index in [1.807, 2.05) is 0 Å². The maximum atomic E-state index is 13.6. The third-order valence-electron chi connectivity index (χ3n) is 4.97. The van der Waals surface area contributed by atoms with Crippen LogP contribution < -0.4 is 10.3 Å². The third-order valence-corrected chi connectivity index (χ3v) is 4.97. The molecule has 0 atom stereocenters. The summed E-state index contributed by atoms with van der Waals surface area (Å²) in [5.41, 5.74) is -2.47. The normalized spacial score (nSPS) is 12.4. The second-order valence-corrected chi connectivity index (χ2v) is 7.24. The number of aromatic nitrogens is 1. The van der Waals surface area contributed by atoms with Gasteiger partial charge in [0.05, 0.1) is 22.5 Å². The van der Waals surface area contributed by atoms with Gasteiger partial charge in [-0.25, -0.2) is 4.57 Å². The molecular formula is C24H14F6N2O3. The SMILES string of the molecule is O=c1c2ccccc2c(C=Nc2ccc(OC(F)(F)F)cc2)c(O)n1-c1ccccc1C(F)(F)F. The Morgan fingerprint density at radius 2 is 1.43 bits per heavy atom. The summed E-state index contributed by atoms with van der Waals surface area (Å²) in [6.07, 6.45) is -8.55. The molecule has 4 rings (SSSR count). The molecule has 0 aliphatic rings. The van der Waals surface area contributed by atoms with E-state index in [-0.39, 0.29) is 22.0 Å². The highest BCUT2D eigenvalue weighted by Gasteiger charge is 2.35. The molecule has 1 aromatic heterocycles. The van der Waals surface area contributed by atoms with E-state index in [0.717, 1.165) is 36.5 Å². The number of aliphatic imine (C=N–C) groups is 1. The number of alkyl halides is 6. The number of benzene rings is 3. The number of rotatable bonds is 4. The second kappa shape index (κ2) is 8.82. The fourth-order valence-corrected chi connectivity index (χ4v) is 3.49. The summed E-state index contributed by atoms with van der Waals surface area (Å²) in [6, 6.07) is 14.7. The summed E-state index contributed by atoms with van der Waals surface area (Å²) < 4.78 is 82.2. The number of aromatic hydroxyl groups is 1. The summed E-state index contributed by atoms with van der Waals surface area (Å²) in [4.78, 5) is 17.2. The first-order valence-electron chi connectivity index (χ1n) is 9.89. The fourth-order valence-electron chi connectivity index (χ4n) is 3.49. The Balaban J connectivity index is 1.87. The lowest BCUT2D eigenvalue weighted by molar-refractivity contribution is -0.274. The quantitative estimate of drug-likeness (QED) is 0.266. The van der Waals surface area contributed by atoms with Gasteiger partial charge >= 0.3 is 12.5 Å². The first-order valence-corrected chi connectivity index (χ1v) is 9.89. The molecule has 1 heterocycles. The Hall–Kier alpha value is -4.28. The van der Waals surface area contributed by atoms with Gasteiger partial charge < -0.3 is 9.84 Å². The molecule has 11 heteroatoms. The van der Waals surface area contributed by atoms with Crippen LogP contribution in [0.5, 0.6) is 11.6 Å². The summed E-state index contributed by atoms with van der Waals surface area (Å²) >= 11 is 0. The molecule has 0 amide bonds. The maximum Gasteiger partial charge on any atom is 0.573 e. The summed E-state index contributed by atoms with van der Waals surface area (Å²) in [7, 11) is 0. The number of fused-ring (bicyclic) bond motifs is 1. The Morgan fingerprint density at radius 3 is 2.06 bits per heavy atom. The molecule has 180 valence electrons. The topological polar surface area (TPSA) is 63.8 Å². The molecule has 4 aromatic rings. The van der Waals surface area contributed by atoms with E-state index in [2.05, 4.69) is 9.73 Å². The Morgan fingerprint density at radius 1 is 0.829 bits per heavy atom. The molecule has 0 unspecified atom stereocenters. The highest BCUT2D eigenvalue weighted by molar-refractivity contribution is 6.02. The molecule has 5 nitrogen and oxygen atoms in total. The molecule has 0 saturated carbocycles. The molecular weight excluding hydrogens is 478 g/mol. The van der Waals surface area contributed by atoms with Crippen LogP contribution in [-0.4, -0.2) is 22.3 Å². The molecule has 0 spiro atoms. The van der Waals surface area contributed by atoms with Gasteiger partial charge in [0.15, 0.2) is 0 Å². The predicted octanol–water partition coefficient (Wildman–Crippen LogP) is 6.36. The number of para-hydroxylation sites is 1. The van der Waals surface area contributed by atoms with Crippen LogP contribution in [0.3, 0.4) is 0 Å². The van der Waals surface area contributed by atoms with Crippen LogP contribution in [0, 0.1) is 0 Å². The van der Waals surface area contributed by atoms with Crippen LogP contribution in [0.2, 0.25) is 0 Å². The highest BCUT2D eigenvalue weighted by Crippen LogP contribution is 2.36. The van der Waals surface area contributed by atoms with Crippen molar-refractivity contribution in [2.24, 2.45) is 4.99 Å². The number of ether oxygens (including phenoxy) is 1. The smallest absolute Gasteiger partial charge is 0.494 e. The monoisotopic (exact) mass is 492 g/mol. The summed E-state index contributed by atoms with van der Waals surface area (Å²) in [6.45, 7) is 0. The van der Waals surface area contributed by atoms with Gasteiger partial charge in [-0.05, 0) is 42.5 Å². The number of halogens is 6. The number of nitrogens with zero attached hydrogens (tertiary/aromatic N) is 2. The predicted molar refractivity (Wildman–Crippen MR) is 117 cm³/mol. The van der Waals surface area contributed by atoms with Crippen LogP contribution in [0.25, 0.3) is 16.5 Å². The van der Waals surface area contributed by atoms with E-state index in [1.165, 1.54) is 36.4 Å². The van der Waals surface area contributed by atoms with Crippen molar-refractivity contribution in [1.29, 1.82) is 0 Å². The standard InChI is InChI=1S/C24H14F6N2O3/c25-23(26,27)19-7-3-4-8-20(19)32-21(33)17-6-2-1-5-16(17)18(22(32)34)13-31-14-9-11-15(12-10-14)35-24(28,29)30/h1-13,34H. The molecule has 0 fully saturated rings. The average Bonchev–Trinajstić information content (AvgIpc) is 2.79. The molecule has 3 aromatic carbocycles. The zero-order chi connectivity index (χ0) is 25.4. The van der Waals surface area contributed by atoms with Crippen molar-refractivity contribution >= 4 is 22.7 Å². The minimum Gasteiger partial charge on any atom is -0.494 e. The second-order valence-electron chi connectivity index (χ2n) is 7.24. The van der Waals surface area contributed by atoms with Crippen LogP contribution in [0.4, 0.5) is 32.0 Å². The highest BCUT2D eigenvalue weighted by atomic mass is 19.4. The lowest BCUT2D eigenvalue weighted by Gasteiger charge is -2.18. The summed E-state index contributed by atoms with van der Waals surface area (Å²) in [5.74, 6) is -1.26. The number of hydrogen-bond donors (Lipinski definition) is 1. The maximum absolute atomic E-state index is 13.6. The molecule has 0 bridgehead atoms. The number of pyridine rings is 1. The van der Waals surface area contributed by atoms with E-state index in [9.17, 15) is 36.2 Å². The average molecular weight is 492 g/mol. The lowest BCUT2D eigenvalue weighted by atomic mass is 10.1. The minimum atomic E-state index is -4.87. The van der Waals surface area contributed by atoms with Crippen molar-refractivity contribution < 1.29 is 36.2 Å². The van der Waals surface area contributed by atoms with Crippen molar-refractivity contribution in [2.75, 3.05) is 0 Å². The molecule has 0 saturated heterocycles. The van der Waals surface area contributed by atoms with E-state index < -0.39 is 41.0 Å². The Bertz CT molecular complexity index is 1470. The van der Waals surface area contributed by atoms with E-state index in [0.29, 0.717) is 4.57 Å². The van der Waals surface area contributed by atoms with Crippen molar-refractivity contribution in [2.45, 2.75) is 12.5 Å². The molecule has 0 radical (unpaired) electrons. The van der Waals surface area contributed by atoms with Crippen molar-refractivity contribution in [3.05, 3.63) is 94.3 Å². The fraction of sp³-hybridized carbons (Fsp3) is 0.0833. The van der Waals surface area contributed by atoms with Gasteiger partial charge in [0, 0.05) is 17.0 Å². The van der Waals surface area contributed by atoms with Gasteiger partial charge in [0.25, 0.3) is 5.56 Å². The minimum absolute atomic E-state index is 0.0256. The first kappa shape index (κ1) is 23.9. The molecule has 0 aliphatic carbocycles. The van der Waals surface area contributed by atoms with Gasteiger partial charge in [-0.2, -0.15) is 13.2 Å². The van der Waals surface area contributed by atoms with Crippen LogP contribution in [0.15, 0.2) is 82.6 Å². The molecule has 0 aliphatic heterocycles. The third kappa shape index (κ3) is 4.98. The van der Waals surface area contributed by atoms with Crippen molar-refractivity contribution in [3.8, 4) is 17.3 Å². The Labute approximate surface area is 193 Å². The largest absolute Gasteiger partial charge is 0.573 e. The van der Waals surface area contributed by atoms with E-state index in [1.54, 1.807) is 6.07 Å². The van der Waals surface area contributed by atoms with Crippen LogP contribution in [-0.2, 0) is 6.18 Å². The van der Waals surface area contributed by atoms with Gasteiger partial charge in [-0.15, -0.1) is 13.2 Å². The summed E-state index contributed by atoms with van der Waals surface area (Å²) in [5, 5.41) is 11.2. The van der Waals surface area contributed by atoms with Crippen molar-refractivity contribution in [3.63, 3.8) is 0 Å². The van der Waals surface area contributed by atoms with Crippen LogP contribution >= 0.6 is 0 Å². The van der Waals surface area contributed by atoms with Gasteiger partial charge in [-0.3, -0.25) is 9.79 Å². The van der Waals surface area contributed by atoms with E-state index in [4.69, 9.17) is 0 Å². The Kier molecular flexibility index (Phi) is 6.01. The number of hydrogen-bond acceptors (Lipinski definition) is 4. The van der Waals surface area contributed by atoms with Crippen LogP contribution in [0.1, 0.15) is 11.1 Å². The lowest BCUT2D eigenvalue weighted by Crippen LogP contribution is -2.23. The van der Waals surface area contributed by atoms with Gasteiger partial charge in [0.1, 0.15) is 5.75 Å². The zero-order valence-corrected chi connectivity index (χ0v) is 17.4. The zero-order valence-electron chi connectivity index (χ0n) is 17.4. The first-order chi connectivity index (χ1) is 16.5. The van der Waals surface area contributed by atoms with Crippen molar-refractivity contribution in [1.82, 2.24) is 4.57 Å². The van der Waals surface area contributed by atoms with E-state index >= 15 is 0 Å². The van der Waals surface area contributed by atoms with Gasteiger partial charge in [0.2, 0.25) is 5.88 Å².